The summed E-state index contributed by atoms with van der Waals surface area (Å²) in [6.45, 7) is 6.54. The molecule has 1 heterocycles. The monoisotopic (exact) mass is 392 g/mol. The summed E-state index contributed by atoms with van der Waals surface area (Å²) < 4.78 is 10.5. The van der Waals surface area contributed by atoms with Gasteiger partial charge in [0.25, 0.3) is 0 Å². The molecule has 1 amide bonds. The Balaban J connectivity index is 1.74. The van der Waals surface area contributed by atoms with Crippen LogP contribution in [-0.4, -0.2) is 82.3 Å². The standard InChI is InChI=1S/C21H36N4O3/c1-16(22-17-8-10-25(11-9-17)13-12-24(2)3)14-21(26)23-19-7-6-18(27-4)15-20(19)28-5/h6-7,15-17,22H,8-14H2,1-5H3,(H,23,26). The van der Waals surface area contributed by atoms with Gasteiger partial charge in [0.15, 0.2) is 0 Å². The molecule has 0 aromatic heterocycles. The number of piperidine rings is 1. The predicted octanol–water partition coefficient (Wildman–Crippen LogP) is 2.04. The Kier molecular flexibility index (Phi) is 9.02. The highest BCUT2D eigenvalue weighted by Gasteiger charge is 2.21. The van der Waals surface area contributed by atoms with Crippen molar-refractivity contribution in [3.05, 3.63) is 18.2 Å². The van der Waals surface area contributed by atoms with E-state index in [4.69, 9.17) is 9.47 Å². The van der Waals surface area contributed by atoms with Crippen LogP contribution in [0, 0.1) is 0 Å². The van der Waals surface area contributed by atoms with Gasteiger partial charge in [0.05, 0.1) is 19.9 Å². The zero-order chi connectivity index (χ0) is 20.5. The van der Waals surface area contributed by atoms with Crippen molar-refractivity contribution in [2.75, 3.05) is 59.8 Å². The lowest BCUT2D eigenvalue weighted by molar-refractivity contribution is -0.116. The SMILES string of the molecule is COc1ccc(NC(=O)CC(C)NC2CCN(CCN(C)C)CC2)c(OC)c1. The molecule has 0 saturated carbocycles. The van der Waals surface area contributed by atoms with E-state index in [0.29, 0.717) is 29.6 Å². The second-order valence-electron chi connectivity index (χ2n) is 7.81. The molecule has 1 aromatic carbocycles. The number of rotatable bonds is 10. The van der Waals surface area contributed by atoms with Crippen molar-refractivity contribution in [2.24, 2.45) is 0 Å². The van der Waals surface area contributed by atoms with Crippen molar-refractivity contribution in [2.45, 2.75) is 38.3 Å². The lowest BCUT2D eigenvalue weighted by Crippen LogP contribution is -2.47. The molecule has 0 aliphatic carbocycles. The van der Waals surface area contributed by atoms with Crippen molar-refractivity contribution < 1.29 is 14.3 Å². The van der Waals surface area contributed by atoms with E-state index in [0.717, 1.165) is 39.0 Å². The highest BCUT2D eigenvalue weighted by atomic mass is 16.5. The van der Waals surface area contributed by atoms with E-state index in [1.165, 1.54) is 0 Å². The summed E-state index contributed by atoms with van der Waals surface area (Å²) in [4.78, 5) is 17.2. The topological polar surface area (TPSA) is 66.1 Å². The highest BCUT2D eigenvalue weighted by molar-refractivity contribution is 5.92. The van der Waals surface area contributed by atoms with Gasteiger partial charge in [-0.1, -0.05) is 0 Å². The van der Waals surface area contributed by atoms with Crippen molar-refractivity contribution in [1.82, 2.24) is 15.1 Å². The number of carbonyl (C=O) groups excluding carboxylic acids is 1. The van der Waals surface area contributed by atoms with Gasteiger partial charge in [-0.25, -0.2) is 0 Å². The van der Waals surface area contributed by atoms with Gasteiger partial charge in [-0.2, -0.15) is 0 Å². The fraction of sp³-hybridized carbons (Fsp3) is 0.667. The summed E-state index contributed by atoms with van der Waals surface area (Å²) in [5.41, 5.74) is 0.662. The van der Waals surface area contributed by atoms with Crippen LogP contribution in [-0.2, 0) is 4.79 Å². The lowest BCUT2D eigenvalue weighted by atomic mass is 10.0. The highest BCUT2D eigenvalue weighted by Crippen LogP contribution is 2.29. The summed E-state index contributed by atoms with van der Waals surface area (Å²) in [6, 6.07) is 5.99. The smallest absolute Gasteiger partial charge is 0.226 e. The Morgan fingerprint density at radius 1 is 1.25 bits per heavy atom. The van der Waals surface area contributed by atoms with Crippen LogP contribution in [0.25, 0.3) is 0 Å². The number of hydrogen-bond acceptors (Lipinski definition) is 6. The molecule has 1 fully saturated rings. The number of likely N-dealkylation sites (tertiary alicyclic amines) is 1. The zero-order valence-electron chi connectivity index (χ0n) is 18.0. The Labute approximate surface area is 169 Å². The molecule has 1 aliphatic heterocycles. The quantitative estimate of drug-likeness (QED) is 0.635. The molecule has 1 aromatic rings. The number of likely N-dealkylation sites (N-methyl/N-ethyl adjacent to an activating group) is 1. The molecule has 7 heteroatoms. The molecule has 0 radical (unpaired) electrons. The van der Waals surface area contributed by atoms with Gasteiger partial charge in [0.2, 0.25) is 5.91 Å². The van der Waals surface area contributed by atoms with Crippen LogP contribution < -0.4 is 20.1 Å². The van der Waals surface area contributed by atoms with Crippen molar-refractivity contribution in [3.63, 3.8) is 0 Å². The van der Waals surface area contributed by atoms with E-state index in [1.807, 2.05) is 6.07 Å². The molecule has 158 valence electrons. The zero-order valence-corrected chi connectivity index (χ0v) is 18.0. The molecular weight excluding hydrogens is 356 g/mol. The van der Waals surface area contributed by atoms with Gasteiger partial charge >= 0.3 is 0 Å². The van der Waals surface area contributed by atoms with Crippen LogP contribution in [0.2, 0.25) is 0 Å². The minimum absolute atomic E-state index is 0.0214. The molecule has 0 bridgehead atoms. The molecule has 2 rings (SSSR count). The average molecular weight is 393 g/mol. The van der Waals surface area contributed by atoms with Crippen molar-refractivity contribution in [3.8, 4) is 11.5 Å². The van der Waals surface area contributed by atoms with Crippen molar-refractivity contribution >= 4 is 11.6 Å². The van der Waals surface area contributed by atoms with Gasteiger partial charge in [0.1, 0.15) is 11.5 Å². The molecule has 7 nitrogen and oxygen atoms in total. The van der Waals surface area contributed by atoms with Crippen LogP contribution in [0.5, 0.6) is 11.5 Å². The third kappa shape index (κ3) is 7.30. The first-order valence-corrected chi connectivity index (χ1v) is 10.1. The van der Waals surface area contributed by atoms with Gasteiger partial charge < -0.3 is 29.9 Å². The van der Waals surface area contributed by atoms with E-state index < -0.39 is 0 Å². The van der Waals surface area contributed by atoms with Crippen LogP contribution in [0.3, 0.4) is 0 Å². The number of ether oxygens (including phenoxy) is 2. The van der Waals surface area contributed by atoms with E-state index in [9.17, 15) is 4.79 Å². The molecule has 1 saturated heterocycles. The van der Waals surface area contributed by atoms with E-state index >= 15 is 0 Å². The maximum Gasteiger partial charge on any atom is 0.226 e. The van der Waals surface area contributed by atoms with Gasteiger partial charge in [-0.3, -0.25) is 4.79 Å². The van der Waals surface area contributed by atoms with Crippen molar-refractivity contribution in [1.29, 1.82) is 0 Å². The number of amides is 1. The fourth-order valence-corrected chi connectivity index (χ4v) is 3.51. The Morgan fingerprint density at radius 2 is 1.96 bits per heavy atom. The number of anilines is 1. The molecule has 2 N–H and O–H groups in total. The maximum atomic E-state index is 12.4. The average Bonchev–Trinajstić information content (AvgIpc) is 2.67. The minimum Gasteiger partial charge on any atom is -0.497 e. The molecule has 1 unspecified atom stereocenters. The first kappa shape index (κ1) is 22.5. The Hall–Kier alpha value is -1.83. The summed E-state index contributed by atoms with van der Waals surface area (Å²) in [5.74, 6) is 1.27. The van der Waals surface area contributed by atoms with Crippen LogP contribution >= 0.6 is 0 Å². The van der Waals surface area contributed by atoms with Gasteiger partial charge in [-0.05, 0) is 59.1 Å². The van der Waals surface area contributed by atoms with Crippen LogP contribution in [0.4, 0.5) is 5.69 Å². The second kappa shape index (κ2) is 11.2. The Bertz CT molecular complexity index is 616. The predicted molar refractivity (Wildman–Crippen MR) is 113 cm³/mol. The third-order valence-electron chi connectivity index (χ3n) is 5.15. The number of methoxy groups -OCH3 is 2. The van der Waals surface area contributed by atoms with Crippen LogP contribution in [0.1, 0.15) is 26.2 Å². The first-order chi connectivity index (χ1) is 13.4. The largest absolute Gasteiger partial charge is 0.497 e. The lowest BCUT2D eigenvalue weighted by Gasteiger charge is -2.34. The normalized spacial score (nSPS) is 16.8. The molecule has 28 heavy (non-hydrogen) atoms. The molecule has 0 spiro atoms. The van der Waals surface area contributed by atoms with E-state index in [1.54, 1.807) is 26.4 Å². The summed E-state index contributed by atoms with van der Waals surface area (Å²) in [7, 11) is 7.41. The Morgan fingerprint density at radius 3 is 2.57 bits per heavy atom. The number of carbonyl (C=O) groups is 1. The number of benzene rings is 1. The maximum absolute atomic E-state index is 12.4. The molecular formula is C21H36N4O3. The fourth-order valence-electron chi connectivity index (χ4n) is 3.51. The minimum atomic E-state index is -0.0214. The second-order valence-corrected chi connectivity index (χ2v) is 7.81. The number of nitrogens with zero attached hydrogens (tertiary/aromatic N) is 2. The summed E-state index contributed by atoms with van der Waals surface area (Å²) >= 11 is 0. The molecule has 1 aliphatic rings. The number of nitrogens with one attached hydrogen (secondary N) is 2. The van der Waals surface area contributed by atoms with E-state index in [-0.39, 0.29) is 11.9 Å². The summed E-state index contributed by atoms with van der Waals surface area (Å²) in [6.07, 6.45) is 2.69. The molecule has 1 atom stereocenters. The van der Waals surface area contributed by atoms with Gasteiger partial charge in [0, 0.05) is 37.7 Å². The van der Waals surface area contributed by atoms with E-state index in [2.05, 4.69) is 41.5 Å². The summed E-state index contributed by atoms with van der Waals surface area (Å²) in [5, 5.41) is 6.56. The van der Waals surface area contributed by atoms with Crippen LogP contribution in [0.15, 0.2) is 18.2 Å². The van der Waals surface area contributed by atoms with Gasteiger partial charge in [-0.15, -0.1) is 0 Å². The first-order valence-electron chi connectivity index (χ1n) is 10.1. The third-order valence-corrected chi connectivity index (χ3v) is 5.15. The number of hydrogen-bond donors (Lipinski definition) is 2.